The molecule has 4 rings (SSSR count). The quantitative estimate of drug-likeness (QED) is 0.496. The van der Waals surface area contributed by atoms with Gasteiger partial charge < -0.3 is 15.2 Å². The highest BCUT2D eigenvalue weighted by Crippen LogP contribution is 2.30. The van der Waals surface area contributed by atoms with E-state index in [0.717, 1.165) is 16.3 Å². The number of nitrogens with zero attached hydrogens (tertiary/aromatic N) is 1. The van der Waals surface area contributed by atoms with Gasteiger partial charge in [0.1, 0.15) is 17.2 Å². The van der Waals surface area contributed by atoms with Crippen molar-refractivity contribution in [3.05, 3.63) is 66.0 Å². The summed E-state index contributed by atoms with van der Waals surface area (Å²) in [6.45, 7) is 0. The minimum atomic E-state index is -0.230. The number of pyridine rings is 1. The first kappa shape index (κ1) is 13.3. The normalized spacial score (nSPS) is 11.1. The topological polar surface area (TPSA) is 86.2 Å². The Morgan fingerprint density at radius 1 is 0.913 bits per heavy atom. The van der Waals surface area contributed by atoms with Crippen LogP contribution < -0.4 is 0 Å². The number of ketones is 1. The van der Waals surface area contributed by atoms with Gasteiger partial charge in [-0.25, -0.2) is 0 Å². The van der Waals surface area contributed by atoms with Crippen molar-refractivity contribution in [1.29, 1.82) is 0 Å². The zero-order valence-corrected chi connectivity index (χ0v) is 11.9. The number of aromatic hydroxyl groups is 2. The molecule has 23 heavy (non-hydrogen) atoms. The monoisotopic (exact) mass is 304 g/mol. The van der Waals surface area contributed by atoms with Crippen molar-refractivity contribution in [2.24, 2.45) is 0 Å². The SMILES string of the molecule is O=C(c1ccc(O)cc1)c1nccc2c1[nH]c1ccc(O)cc12. The van der Waals surface area contributed by atoms with E-state index in [-0.39, 0.29) is 17.3 Å². The van der Waals surface area contributed by atoms with Crippen LogP contribution in [0, 0.1) is 0 Å². The molecule has 0 unspecified atom stereocenters. The van der Waals surface area contributed by atoms with Gasteiger partial charge in [0.05, 0.1) is 5.52 Å². The Labute approximate surface area is 130 Å². The van der Waals surface area contributed by atoms with Gasteiger partial charge >= 0.3 is 0 Å². The molecule has 5 nitrogen and oxygen atoms in total. The molecule has 0 aliphatic heterocycles. The molecule has 3 N–H and O–H groups in total. The van der Waals surface area contributed by atoms with Crippen LogP contribution >= 0.6 is 0 Å². The van der Waals surface area contributed by atoms with Crippen molar-refractivity contribution in [2.75, 3.05) is 0 Å². The van der Waals surface area contributed by atoms with Crippen molar-refractivity contribution in [1.82, 2.24) is 9.97 Å². The summed E-state index contributed by atoms with van der Waals surface area (Å²) in [4.78, 5) is 20.1. The summed E-state index contributed by atoms with van der Waals surface area (Å²) in [6.07, 6.45) is 1.58. The zero-order chi connectivity index (χ0) is 16.0. The van der Waals surface area contributed by atoms with Crippen LogP contribution in [0.2, 0.25) is 0 Å². The molecule has 5 heteroatoms. The Morgan fingerprint density at radius 2 is 1.65 bits per heavy atom. The van der Waals surface area contributed by atoms with Crippen molar-refractivity contribution in [3.8, 4) is 11.5 Å². The lowest BCUT2D eigenvalue weighted by Gasteiger charge is -2.02. The number of phenols is 2. The summed E-state index contributed by atoms with van der Waals surface area (Å²) < 4.78 is 0. The van der Waals surface area contributed by atoms with Crippen molar-refractivity contribution < 1.29 is 15.0 Å². The third kappa shape index (κ3) is 2.10. The Balaban J connectivity index is 1.95. The predicted molar refractivity (Wildman–Crippen MR) is 86.8 cm³/mol. The number of nitrogens with one attached hydrogen (secondary N) is 1. The maximum absolute atomic E-state index is 12.7. The maximum atomic E-state index is 12.7. The van der Waals surface area contributed by atoms with Crippen LogP contribution in [0.3, 0.4) is 0 Å². The number of phenolic OH excluding ortho intramolecular Hbond substituents is 2. The number of rotatable bonds is 2. The minimum Gasteiger partial charge on any atom is -0.508 e. The van der Waals surface area contributed by atoms with E-state index in [1.54, 1.807) is 42.6 Å². The molecule has 2 aromatic heterocycles. The number of aromatic nitrogens is 2. The number of carbonyl (C=O) groups excluding carboxylic acids is 1. The highest BCUT2D eigenvalue weighted by molar-refractivity contribution is 6.18. The molecule has 0 spiro atoms. The summed E-state index contributed by atoms with van der Waals surface area (Å²) in [6, 6.07) is 12.9. The van der Waals surface area contributed by atoms with Gasteiger partial charge in [0, 0.05) is 28.0 Å². The largest absolute Gasteiger partial charge is 0.508 e. The van der Waals surface area contributed by atoms with Crippen LogP contribution in [0.4, 0.5) is 0 Å². The van der Waals surface area contributed by atoms with E-state index >= 15 is 0 Å². The predicted octanol–water partition coefficient (Wildman–Crippen LogP) is 3.36. The van der Waals surface area contributed by atoms with Gasteiger partial charge in [-0.2, -0.15) is 0 Å². The van der Waals surface area contributed by atoms with E-state index in [1.165, 1.54) is 12.1 Å². The fourth-order valence-corrected chi connectivity index (χ4v) is 2.73. The van der Waals surface area contributed by atoms with Crippen molar-refractivity contribution in [2.45, 2.75) is 0 Å². The number of benzene rings is 2. The molecule has 2 heterocycles. The Hall–Kier alpha value is -3.34. The smallest absolute Gasteiger partial charge is 0.213 e. The number of hydrogen-bond donors (Lipinski definition) is 3. The molecule has 2 aromatic carbocycles. The minimum absolute atomic E-state index is 0.105. The average molecular weight is 304 g/mol. The first-order valence-corrected chi connectivity index (χ1v) is 7.06. The Kier molecular flexibility index (Phi) is 2.81. The standard InChI is InChI=1S/C18H12N2O3/c21-11-3-1-10(2-4-11)18(23)17-16-13(7-8-19-17)14-9-12(22)5-6-15(14)20-16/h1-9,20-22H. The fraction of sp³-hybridized carbons (Fsp3) is 0. The molecule has 0 radical (unpaired) electrons. The molecule has 0 aliphatic rings. The molecule has 0 aliphatic carbocycles. The van der Waals surface area contributed by atoms with Crippen molar-refractivity contribution in [3.63, 3.8) is 0 Å². The van der Waals surface area contributed by atoms with Gasteiger partial charge in [-0.1, -0.05) is 0 Å². The lowest BCUT2D eigenvalue weighted by molar-refractivity contribution is 0.103. The molecule has 4 aromatic rings. The third-order valence-electron chi connectivity index (χ3n) is 3.85. The Bertz CT molecular complexity index is 1050. The molecular formula is C18H12N2O3. The maximum Gasteiger partial charge on any atom is 0.213 e. The number of aromatic amines is 1. The average Bonchev–Trinajstić information content (AvgIpc) is 2.93. The van der Waals surface area contributed by atoms with Crippen LogP contribution in [-0.2, 0) is 0 Å². The van der Waals surface area contributed by atoms with E-state index in [2.05, 4.69) is 9.97 Å². The lowest BCUT2D eigenvalue weighted by atomic mass is 10.1. The molecule has 112 valence electrons. The van der Waals surface area contributed by atoms with Gasteiger partial charge in [0.2, 0.25) is 5.78 Å². The fourth-order valence-electron chi connectivity index (χ4n) is 2.73. The van der Waals surface area contributed by atoms with E-state index < -0.39 is 0 Å². The van der Waals surface area contributed by atoms with E-state index in [9.17, 15) is 15.0 Å². The van der Waals surface area contributed by atoms with Crippen LogP contribution in [-0.4, -0.2) is 26.0 Å². The summed E-state index contributed by atoms with van der Waals surface area (Å²) in [7, 11) is 0. The summed E-state index contributed by atoms with van der Waals surface area (Å²) >= 11 is 0. The van der Waals surface area contributed by atoms with Crippen molar-refractivity contribution >= 4 is 27.6 Å². The molecule has 0 saturated carbocycles. The van der Waals surface area contributed by atoms with Crippen LogP contribution in [0.5, 0.6) is 11.5 Å². The summed E-state index contributed by atoms with van der Waals surface area (Å²) in [5.41, 5.74) is 2.21. The summed E-state index contributed by atoms with van der Waals surface area (Å²) in [5, 5.41) is 20.7. The third-order valence-corrected chi connectivity index (χ3v) is 3.85. The second-order valence-electron chi connectivity index (χ2n) is 5.31. The van der Waals surface area contributed by atoms with Gasteiger partial charge in [0.25, 0.3) is 0 Å². The van der Waals surface area contributed by atoms with E-state index in [1.807, 2.05) is 0 Å². The van der Waals surface area contributed by atoms with Gasteiger partial charge in [-0.05, 0) is 48.5 Å². The molecule has 0 saturated heterocycles. The van der Waals surface area contributed by atoms with Gasteiger partial charge in [-0.3, -0.25) is 9.78 Å². The molecule has 0 amide bonds. The Morgan fingerprint density at radius 3 is 2.43 bits per heavy atom. The number of fused-ring (bicyclic) bond motifs is 3. The van der Waals surface area contributed by atoms with E-state index in [0.29, 0.717) is 16.8 Å². The molecular weight excluding hydrogens is 292 g/mol. The second-order valence-corrected chi connectivity index (χ2v) is 5.31. The lowest BCUT2D eigenvalue weighted by Crippen LogP contribution is -2.04. The second kappa shape index (κ2) is 4.84. The van der Waals surface area contributed by atoms with Gasteiger partial charge in [0.15, 0.2) is 0 Å². The van der Waals surface area contributed by atoms with Gasteiger partial charge in [-0.15, -0.1) is 0 Å². The molecule has 0 bridgehead atoms. The van der Waals surface area contributed by atoms with Crippen LogP contribution in [0.25, 0.3) is 21.8 Å². The number of H-pyrrole nitrogens is 1. The summed E-state index contributed by atoms with van der Waals surface area (Å²) in [5.74, 6) is 0.0433. The number of hydrogen-bond acceptors (Lipinski definition) is 4. The van der Waals surface area contributed by atoms with Crippen LogP contribution in [0.1, 0.15) is 16.1 Å². The van der Waals surface area contributed by atoms with E-state index in [4.69, 9.17) is 0 Å². The highest BCUT2D eigenvalue weighted by Gasteiger charge is 2.17. The zero-order valence-electron chi connectivity index (χ0n) is 11.9. The first-order chi connectivity index (χ1) is 11.1. The molecule has 0 fully saturated rings. The highest BCUT2D eigenvalue weighted by atomic mass is 16.3. The van der Waals surface area contributed by atoms with Crippen LogP contribution in [0.15, 0.2) is 54.7 Å². The molecule has 0 atom stereocenters. The first-order valence-electron chi connectivity index (χ1n) is 7.06. The number of carbonyl (C=O) groups is 1.